The fourth-order valence-electron chi connectivity index (χ4n) is 3.40. The molecule has 1 aliphatic carbocycles. The first-order chi connectivity index (χ1) is 8.80. The summed E-state index contributed by atoms with van der Waals surface area (Å²) in [6.45, 7) is 4.18. The topological polar surface area (TPSA) is 34.1 Å². The number of rotatable bonds is 1. The predicted molar refractivity (Wildman–Crippen MR) is 73.8 cm³/mol. The quantitative estimate of drug-likeness (QED) is 0.848. The van der Waals surface area contributed by atoms with Crippen molar-refractivity contribution in [3.05, 3.63) is 17.1 Å². The molecule has 2 fully saturated rings. The van der Waals surface area contributed by atoms with Crippen molar-refractivity contribution in [3.63, 3.8) is 0 Å². The van der Waals surface area contributed by atoms with Crippen LogP contribution in [0, 0.1) is 5.92 Å². The molecule has 0 radical (unpaired) electrons. The average molecular weight is 266 g/mol. The van der Waals surface area contributed by atoms with E-state index < -0.39 is 0 Å². The molecule has 3 atom stereocenters. The number of nitrogens with zero attached hydrogens (tertiary/aromatic N) is 1. The van der Waals surface area contributed by atoms with Gasteiger partial charge in [0, 0.05) is 17.6 Å². The fourth-order valence-corrected chi connectivity index (χ4v) is 4.17. The van der Waals surface area contributed by atoms with Gasteiger partial charge in [0.1, 0.15) is 0 Å². The molecular weight excluding hydrogens is 244 g/mol. The Morgan fingerprint density at radius 2 is 2.39 bits per heavy atom. The minimum Gasteiger partial charge on any atom is -0.372 e. The van der Waals surface area contributed by atoms with Crippen LogP contribution in [0.2, 0.25) is 0 Å². The standard InChI is InChI=1S/C14H22N2OS/c1-11-3-2-6-14(7-4-11)13(15-9-10-17-14)12-5-8-16-18-12/h5,8,11,13,15H,2-4,6-7,9-10H2,1H3. The third kappa shape index (κ3) is 2.33. The Balaban J connectivity index is 1.86. The minimum atomic E-state index is 0.0234. The molecule has 1 aromatic rings. The van der Waals surface area contributed by atoms with E-state index >= 15 is 0 Å². The fraction of sp³-hybridized carbons (Fsp3) is 0.786. The summed E-state index contributed by atoms with van der Waals surface area (Å²) in [7, 11) is 0. The Morgan fingerprint density at radius 3 is 3.22 bits per heavy atom. The van der Waals surface area contributed by atoms with E-state index in [0.29, 0.717) is 6.04 Å². The number of hydrogen-bond acceptors (Lipinski definition) is 4. The first-order valence-corrected chi connectivity index (χ1v) is 7.85. The van der Waals surface area contributed by atoms with E-state index in [4.69, 9.17) is 4.74 Å². The van der Waals surface area contributed by atoms with Crippen LogP contribution >= 0.6 is 11.5 Å². The van der Waals surface area contributed by atoms with Crippen molar-refractivity contribution in [3.8, 4) is 0 Å². The lowest BCUT2D eigenvalue weighted by molar-refractivity contribution is -0.107. The Bertz CT molecular complexity index is 381. The average Bonchev–Trinajstić information content (AvgIpc) is 2.84. The summed E-state index contributed by atoms with van der Waals surface area (Å²) in [5.41, 5.74) is 0.0234. The summed E-state index contributed by atoms with van der Waals surface area (Å²) in [6, 6.07) is 2.50. The molecule has 0 aromatic carbocycles. The number of morpholine rings is 1. The molecule has 0 bridgehead atoms. The lowest BCUT2D eigenvalue weighted by atomic mass is 9.84. The minimum absolute atomic E-state index is 0.0234. The van der Waals surface area contributed by atoms with E-state index in [2.05, 4.69) is 22.7 Å². The summed E-state index contributed by atoms with van der Waals surface area (Å²) < 4.78 is 10.5. The summed E-state index contributed by atoms with van der Waals surface area (Å²) in [6.07, 6.45) is 8.20. The normalized spacial score (nSPS) is 37.6. The maximum atomic E-state index is 6.29. The largest absolute Gasteiger partial charge is 0.372 e. The van der Waals surface area contributed by atoms with Crippen LogP contribution in [0.1, 0.15) is 49.9 Å². The SMILES string of the molecule is CC1CCCC2(CC1)OCCNC2c1ccns1. The van der Waals surface area contributed by atoms with Gasteiger partial charge in [-0.1, -0.05) is 19.8 Å². The molecule has 3 nitrogen and oxygen atoms in total. The van der Waals surface area contributed by atoms with Crippen LogP contribution < -0.4 is 5.32 Å². The summed E-state index contributed by atoms with van der Waals surface area (Å²) in [4.78, 5) is 1.34. The van der Waals surface area contributed by atoms with Gasteiger partial charge in [0.2, 0.25) is 0 Å². The highest BCUT2D eigenvalue weighted by Gasteiger charge is 2.44. The number of hydrogen-bond donors (Lipinski definition) is 1. The van der Waals surface area contributed by atoms with Crippen molar-refractivity contribution < 1.29 is 4.74 Å². The van der Waals surface area contributed by atoms with Crippen molar-refractivity contribution in [2.75, 3.05) is 13.2 Å². The van der Waals surface area contributed by atoms with E-state index in [1.54, 1.807) is 11.5 Å². The third-order valence-corrected chi connectivity index (χ3v) is 5.28. The smallest absolute Gasteiger partial charge is 0.0885 e. The van der Waals surface area contributed by atoms with Crippen LogP contribution in [0.25, 0.3) is 0 Å². The van der Waals surface area contributed by atoms with Crippen molar-refractivity contribution in [1.29, 1.82) is 0 Å². The summed E-state index contributed by atoms with van der Waals surface area (Å²) >= 11 is 1.61. The molecule has 0 amide bonds. The van der Waals surface area contributed by atoms with Gasteiger partial charge in [-0.3, -0.25) is 0 Å². The van der Waals surface area contributed by atoms with E-state index in [-0.39, 0.29) is 5.60 Å². The second-order valence-electron chi connectivity index (χ2n) is 5.75. The van der Waals surface area contributed by atoms with Gasteiger partial charge < -0.3 is 10.1 Å². The monoisotopic (exact) mass is 266 g/mol. The lowest BCUT2D eigenvalue weighted by Crippen LogP contribution is -2.51. The number of nitrogens with one attached hydrogen (secondary N) is 1. The highest BCUT2D eigenvalue weighted by Crippen LogP contribution is 2.43. The zero-order valence-electron chi connectivity index (χ0n) is 11.0. The van der Waals surface area contributed by atoms with Crippen LogP contribution in [-0.2, 0) is 4.74 Å². The van der Waals surface area contributed by atoms with Crippen LogP contribution in [0.5, 0.6) is 0 Å². The van der Waals surface area contributed by atoms with E-state index in [9.17, 15) is 0 Å². The first kappa shape index (κ1) is 12.6. The predicted octanol–water partition coefficient (Wildman–Crippen LogP) is 3.14. The third-order valence-electron chi connectivity index (χ3n) is 4.47. The molecule has 1 saturated heterocycles. The van der Waals surface area contributed by atoms with Crippen molar-refractivity contribution in [1.82, 2.24) is 9.69 Å². The highest BCUT2D eigenvalue weighted by atomic mass is 32.1. The van der Waals surface area contributed by atoms with Gasteiger partial charge in [0.05, 0.1) is 18.2 Å². The molecule has 2 aliphatic rings. The van der Waals surface area contributed by atoms with E-state index in [0.717, 1.165) is 19.1 Å². The molecule has 1 N–H and O–H groups in total. The molecular formula is C14H22N2OS. The van der Waals surface area contributed by atoms with Gasteiger partial charge >= 0.3 is 0 Å². The van der Waals surface area contributed by atoms with Crippen molar-refractivity contribution >= 4 is 11.5 Å². The number of aromatic nitrogens is 1. The van der Waals surface area contributed by atoms with Gasteiger partial charge in [-0.05, 0) is 42.8 Å². The van der Waals surface area contributed by atoms with E-state index in [1.165, 1.54) is 37.0 Å². The Kier molecular flexibility index (Phi) is 3.68. The van der Waals surface area contributed by atoms with Gasteiger partial charge in [-0.25, -0.2) is 4.37 Å². The first-order valence-electron chi connectivity index (χ1n) is 7.08. The lowest BCUT2D eigenvalue weighted by Gasteiger charge is -2.44. The van der Waals surface area contributed by atoms with Crippen LogP contribution in [0.15, 0.2) is 12.3 Å². The van der Waals surface area contributed by atoms with Gasteiger partial charge in [0.25, 0.3) is 0 Å². The second kappa shape index (κ2) is 5.27. The molecule has 100 valence electrons. The summed E-state index contributed by atoms with van der Waals surface area (Å²) in [5.74, 6) is 0.844. The van der Waals surface area contributed by atoms with Gasteiger partial charge in [0.15, 0.2) is 0 Å². The Labute approximate surface area is 113 Å². The molecule has 1 saturated carbocycles. The Morgan fingerprint density at radius 1 is 1.44 bits per heavy atom. The number of ether oxygens (including phenoxy) is 1. The molecule has 18 heavy (non-hydrogen) atoms. The van der Waals surface area contributed by atoms with E-state index in [1.807, 2.05) is 6.20 Å². The van der Waals surface area contributed by atoms with Crippen LogP contribution in [0.3, 0.4) is 0 Å². The van der Waals surface area contributed by atoms with Gasteiger partial charge in [-0.15, -0.1) is 0 Å². The van der Waals surface area contributed by atoms with Crippen molar-refractivity contribution in [2.45, 2.75) is 50.7 Å². The second-order valence-corrected chi connectivity index (χ2v) is 6.62. The van der Waals surface area contributed by atoms with Crippen molar-refractivity contribution in [2.24, 2.45) is 5.92 Å². The zero-order chi connectivity index (χ0) is 12.4. The van der Waals surface area contributed by atoms with Gasteiger partial charge in [-0.2, -0.15) is 0 Å². The zero-order valence-corrected chi connectivity index (χ0v) is 11.8. The maximum Gasteiger partial charge on any atom is 0.0885 e. The van der Waals surface area contributed by atoms with Crippen LogP contribution in [0.4, 0.5) is 0 Å². The molecule has 1 spiro atoms. The maximum absolute atomic E-state index is 6.29. The molecule has 1 aromatic heterocycles. The van der Waals surface area contributed by atoms with Crippen LogP contribution in [-0.4, -0.2) is 23.1 Å². The summed E-state index contributed by atoms with van der Waals surface area (Å²) in [5, 5.41) is 3.67. The Hall–Kier alpha value is -0.450. The molecule has 2 heterocycles. The highest BCUT2D eigenvalue weighted by molar-refractivity contribution is 7.05. The molecule has 1 aliphatic heterocycles. The molecule has 3 unspecified atom stereocenters. The molecule has 3 rings (SSSR count). The molecule has 4 heteroatoms.